The molecule has 0 spiro atoms. The quantitative estimate of drug-likeness (QED) is 0.166. The Bertz CT molecular complexity index is 3320. The molecule has 1 aliphatic rings. The summed E-state index contributed by atoms with van der Waals surface area (Å²) in [5.41, 5.74) is 17.4. The van der Waals surface area contributed by atoms with Gasteiger partial charge in [0, 0.05) is 48.0 Å². The van der Waals surface area contributed by atoms with Crippen LogP contribution in [0.5, 0.6) is 0 Å². The number of hydrogen-bond acceptors (Lipinski definition) is 3. The largest absolute Gasteiger partial charge is 0.501 e. The van der Waals surface area contributed by atoms with E-state index in [2.05, 4.69) is 156 Å². The summed E-state index contributed by atoms with van der Waals surface area (Å²) in [6, 6.07) is 65.3. The summed E-state index contributed by atoms with van der Waals surface area (Å²) in [7, 11) is 0. The summed E-state index contributed by atoms with van der Waals surface area (Å²) in [6.07, 6.45) is 0. The van der Waals surface area contributed by atoms with E-state index in [-0.39, 0.29) is 20.1 Å². The number of hydrogen-bond donors (Lipinski definition) is 0. The van der Waals surface area contributed by atoms with Crippen molar-refractivity contribution in [3.63, 3.8) is 0 Å². The molecule has 58 heavy (non-hydrogen) atoms. The van der Waals surface area contributed by atoms with Crippen LogP contribution in [0.1, 0.15) is 11.1 Å². The van der Waals surface area contributed by atoms with Crippen molar-refractivity contribution in [3.8, 4) is 56.4 Å². The number of benzene rings is 8. The summed E-state index contributed by atoms with van der Waals surface area (Å²) >= 11 is 0. The molecule has 5 nitrogen and oxygen atoms in total. The van der Waals surface area contributed by atoms with Gasteiger partial charge in [-0.25, -0.2) is 0 Å². The van der Waals surface area contributed by atoms with Gasteiger partial charge in [0.1, 0.15) is 5.58 Å². The van der Waals surface area contributed by atoms with Gasteiger partial charge in [-0.15, -0.1) is 54.1 Å². The topological polar surface area (TPSA) is 48.8 Å². The van der Waals surface area contributed by atoms with Crippen molar-refractivity contribution >= 4 is 44.0 Å². The third-order valence-electron chi connectivity index (χ3n) is 11.1. The molecule has 0 amide bonds. The number of aryl methyl sites for hydroxylation is 2. The fraction of sp³-hybridized carbons (Fsp3) is 0.0385. The second kappa shape index (κ2) is 14.3. The van der Waals surface area contributed by atoms with Crippen LogP contribution >= 0.6 is 0 Å². The fourth-order valence-corrected chi connectivity index (χ4v) is 8.58. The van der Waals surface area contributed by atoms with Crippen molar-refractivity contribution in [1.82, 2.24) is 19.1 Å². The number of para-hydroxylation sites is 6. The Kier molecular flexibility index (Phi) is 8.75. The van der Waals surface area contributed by atoms with Gasteiger partial charge in [0.25, 0.3) is 0 Å². The Morgan fingerprint density at radius 3 is 1.98 bits per heavy atom. The van der Waals surface area contributed by atoms with E-state index in [1.54, 1.807) is 0 Å². The number of aromatic nitrogens is 4. The molecule has 1 aliphatic heterocycles. The zero-order valence-electron chi connectivity index (χ0n) is 31.7. The summed E-state index contributed by atoms with van der Waals surface area (Å²) < 4.78 is 10.8. The molecule has 279 valence electrons. The van der Waals surface area contributed by atoms with E-state index in [1.165, 1.54) is 33.4 Å². The Labute approximate surface area is 349 Å². The molecule has 0 aliphatic carbocycles. The maximum absolute atomic E-state index is 6.30. The number of imidazole rings is 2. The molecule has 6 heteroatoms. The van der Waals surface area contributed by atoms with Gasteiger partial charge in [-0.2, -0.15) is 0 Å². The molecule has 0 saturated heterocycles. The third-order valence-corrected chi connectivity index (χ3v) is 11.1. The molecule has 0 unspecified atom stereocenters. The molecule has 0 N–H and O–H groups in total. The Morgan fingerprint density at radius 1 is 0.500 bits per heavy atom. The zero-order valence-corrected chi connectivity index (χ0v) is 34.1. The molecule has 0 fully saturated rings. The van der Waals surface area contributed by atoms with Crippen LogP contribution in [0.15, 0.2) is 174 Å². The van der Waals surface area contributed by atoms with Gasteiger partial charge in [-0.1, -0.05) is 114 Å². The Morgan fingerprint density at radius 2 is 1.16 bits per heavy atom. The van der Waals surface area contributed by atoms with Crippen molar-refractivity contribution in [2.75, 3.05) is 0 Å². The average molecular weight is 923 g/mol. The summed E-state index contributed by atoms with van der Waals surface area (Å²) in [4.78, 5) is 10.0. The smallest absolute Gasteiger partial charge is 0.120 e. The van der Waals surface area contributed by atoms with E-state index >= 15 is 0 Å². The van der Waals surface area contributed by atoms with Gasteiger partial charge in [0.05, 0.1) is 39.3 Å². The average Bonchev–Trinajstić information content (AvgIpc) is 3.94. The number of fused-ring (bicyclic) bond motifs is 9. The van der Waals surface area contributed by atoms with Crippen molar-refractivity contribution < 1.29 is 24.5 Å². The maximum atomic E-state index is 6.30. The Balaban J connectivity index is 0.000000139. The molecule has 4 heterocycles. The summed E-state index contributed by atoms with van der Waals surface area (Å²) in [5.74, 6) is 1.77. The monoisotopic (exact) mass is 923 g/mol. The van der Waals surface area contributed by atoms with Crippen LogP contribution in [0.4, 0.5) is 0 Å². The predicted molar refractivity (Wildman–Crippen MR) is 232 cm³/mol. The number of furan rings is 1. The SMILES string of the molecule is Cc1cccc(C)c1-n1c(-c2[c-]ccc3c2oc2ccccc23)nc2ccccc21.[Ir].[c-]1ccccc1-c1nc2cccc3c2n1-c1ccccc1-c1ccccc1-3. The van der Waals surface area contributed by atoms with Gasteiger partial charge in [-0.3, -0.25) is 9.97 Å². The van der Waals surface area contributed by atoms with Gasteiger partial charge < -0.3 is 13.6 Å². The fourth-order valence-electron chi connectivity index (χ4n) is 8.58. The van der Waals surface area contributed by atoms with Gasteiger partial charge in [0.2, 0.25) is 0 Å². The molecule has 11 aromatic rings. The second-order valence-electron chi connectivity index (χ2n) is 14.5. The van der Waals surface area contributed by atoms with Crippen molar-refractivity contribution in [3.05, 3.63) is 193 Å². The first-order valence-electron chi connectivity index (χ1n) is 19.2. The normalized spacial score (nSPS) is 11.5. The first-order valence-corrected chi connectivity index (χ1v) is 19.2. The van der Waals surface area contributed by atoms with E-state index in [0.717, 1.165) is 78.2 Å². The molecule has 3 aromatic heterocycles. The van der Waals surface area contributed by atoms with E-state index in [9.17, 15) is 0 Å². The molecule has 1 radical (unpaired) electrons. The van der Waals surface area contributed by atoms with E-state index in [0.29, 0.717) is 0 Å². The van der Waals surface area contributed by atoms with Gasteiger partial charge >= 0.3 is 0 Å². The molecular weight excluding hydrogens is 889 g/mol. The van der Waals surface area contributed by atoms with Crippen LogP contribution in [0.3, 0.4) is 0 Å². The molecule has 0 bridgehead atoms. The van der Waals surface area contributed by atoms with E-state index in [4.69, 9.17) is 14.4 Å². The predicted octanol–water partition coefficient (Wildman–Crippen LogP) is 13.1. The number of nitrogens with zero attached hydrogens (tertiary/aromatic N) is 4. The first kappa shape index (κ1) is 35.6. The number of rotatable bonds is 3. The summed E-state index contributed by atoms with van der Waals surface area (Å²) in [5, 5.41) is 2.19. The van der Waals surface area contributed by atoms with Crippen LogP contribution in [-0.4, -0.2) is 19.1 Å². The molecular formula is C52H34IrN4O-2. The Hall–Kier alpha value is -6.85. The van der Waals surface area contributed by atoms with E-state index in [1.807, 2.05) is 48.5 Å². The molecule has 12 rings (SSSR count). The molecule has 0 atom stereocenters. The van der Waals surface area contributed by atoms with Gasteiger partial charge in [0.15, 0.2) is 0 Å². The van der Waals surface area contributed by atoms with Gasteiger partial charge in [-0.05, 0) is 66.4 Å². The van der Waals surface area contributed by atoms with Crippen LogP contribution in [0, 0.1) is 26.0 Å². The van der Waals surface area contributed by atoms with Crippen LogP contribution < -0.4 is 0 Å². The minimum atomic E-state index is 0. The first-order chi connectivity index (χ1) is 28.1. The standard InChI is InChI=1S/C27H19N2O.C25H15N2.Ir/c1-17-9-7-10-18(2)25(17)29-23-15-5-4-14-22(23)28-27(29)21-13-8-12-20-19-11-3-6-16-24(19)30-26(20)21;1-2-9-17(10-3-1)25-26-22-15-8-14-21-19-12-5-4-11-18(19)20-13-6-7-16-23(20)27(25)24(21)22;/h3-12,14-16H,1-2H3;1-9,11-16H;/q2*-1;. The zero-order chi connectivity index (χ0) is 38.0. The maximum Gasteiger partial charge on any atom is 0.120 e. The molecule has 8 aromatic carbocycles. The van der Waals surface area contributed by atoms with Crippen molar-refractivity contribution in [1.29, 1.82) is 0 Å². The van der Waals surface area contributed by atoms with E-state index < -0.39 is 0 Å². The molecule has 0 saturated carbocycles. The third kappa shape index (κ3) is 5.56. The second-order valence-corrected chi connectivity index (χ2v) is 14.5. The summed E-state index contributed by atoms with van der Waals surface area (Å²) in [6.45, 7) is 4.29. The van der Waals surface area contributed by atoms with Crippen molar-refractivity contribution in [2.24, 2.45) is 0 Å². The minimum Gasteiger partial charge on any atom is -0.501 e. The minimum absolute atomic E-state index is 0. The van der Waals surface area contributed by atoms with Crippen molar-refractivity contribution in [2.45, 2.75) is 13.8 Å². The van der Waals surface area contributed by atoms with Crippen LogP contribution in [-0.2, 0) is 20.1 Å². The van der Waals surface area contributed by atoms with Crippen LogP contribution in [0.2, 0.25) is 0 Å². The van der Waals surface area contributed by atoms with Crippen LogP contribution in [0.25, 0.3) is 100 Å².